The zero-order valence-electron chi connectivity index (χ0n) is 7.07. The van der Waals surface area contributed by atoms with Gasteiger partial charge in [-0.1, -0.05) is 13.8 Å². The molecular weight excluding hydrogens is 146 g/mol. The maximum Gasteiger partial charge on any atom is 0.404 e. The maximum absolute atomic E-state index is 10.3. The molecule has 0 saturated heterocycles. The number of hydrogen-bond donors (Lipinski definition) is 2. The molecule has 0 aliphatic rings. The minimum absolute atomic E-state index is 0.0718. The Morgan fingerprint density at radius 2 is 1.91 bits per heavy atom. The number of rotatable bonds is 3. The van der Waals surface area contributed by atoms with Crippen LogP contribution >= 0.6 is 0 Å². The summed E-state index contributed by atoms with van der Waals surface area (Å²) in [6.45, 7) is 5.26. The Labute approximate surface area is 66.3 Å². The summed E-state index contributed by atoms with van der Waals surface area (Å²) in [6, 6.07) is 0. The van der Waals surface area contributed by atoms with E-state index in [4.69, 9.17) is 10.8 Å². The molecule has 0 fully saturated rings. The smallest absolute Gasteiger partial charge is 0.404 e. The minimum Gasteiger partial charge on any atom is -0.443 e. The van der Waals surface area contributed by atoms with E-state index in [1.54, 1.807) is 6.92 Å². The molecule has 2 atom stereocenters. The number of amides is 1. The van der Waals surface area contributed by atoms with Crippen molar-refractivity contribution in [2.45, 2.75) is 33.0 Å². The van der Waals surface area contributed by atoms with E-state index in [-0.39, 0.29) is 5.92 Å². The van der Waals surface area contributed by atoms with Gasteiger partial charge in [0.1, 0.15) is 6.10 Å². The number of primary amides is 1. The molecule has 0 saturated carbocycles. The van der Waals surface area contributed by atoms with Gasteiger partial charge in [-0.15, -0.1) is 0 Å². The van der Waals surface area contributed by atoms with Gasteiger partial charge in [0.05, 0.1) is 6.10 Å². The van der Waals surface area contributed by atoms with Crippen molar-refractivity contribution in [3.05, 3.63) is 0 Å². The quantitative estimate of drug-likeness (QED) is 0.632. The van der Waals surface area contributed by atoms with E-state index in [1.807, 2.05) is 13.8 Å². The Morgan fingerprint density at radius 3 is 2.00 bits per heavy atom. The third-order valence-corrected chi connectivity index (χ3v) is 1.38. The standard InChI is InChI=1S/C7H15NO3/c1-4(2)6(5(3)9)11-7(8)10/h4-6,9H,1-3H3,(H2,8,10)/t5?,6-/m0/s1. The van der Waals surface area contributed by atoms with E-state index in [0.29, 0.717) is 0 Å². The van der Waals surface area contributed by atoms with Crippen molar-refractivity contribution < 1.29 is 14.6 Å². The molecular formula is C7H15NO3. The second-order valence-electron chi connectivity index (χ2n) is 2.89. The van der Waals surface area contributed by atoms with Gasteiger partial charge in [0.15, 0.2) is 0 Å². The lowest BCUT2D eigenvalue weighted by atomic mass is 10.0. The number of hydrogen-bond acceptors (Lipinski definition) is 3. The Morgan fingerprint density at radius 1 is 1.45 bits per heavy atom. The van der Waals surface area contributed by atoms with Crippen LogP contribution in [0.2, 0.25) is 0 Å². The first kappa shape index (κ1) is 10.2. The van der Waals surface area contributed by atoms with E-state index in [0.717, 1.165) is 0 Å². The number of carbonyl (C=O) groups is 1. The lowest BCUT2D eigenvalue weighted by Crippen LogP contribution is -2.35. The highest BCUT2D eigenvalue weighted by atomic mass is 16.6. The van der Waals surface area contributed by atoms with Crippen LogP contribution in [-0.4, -0.2) is 23.4 Å². The Bertz CT molecular complexity index is 126. The normalized spacial score (nSPS) is 16.1. The van der Waals surface area contributed by atoms with E-state index in [9.17, 15) is 4.79 Å². The molecule has 1 unspecified atom stereocenters. The highest BCUT2D eigenvalue weighted by molar-refractivity contribution is 5.64. The fourth-order valence-electron chi connectivity index (χ4n) is 0.926. The molecule has 0 aromatic rings. The minimum atomic E-state index is -0.843. The summed E-state index contributed by atoms with van der Waals surface area (Å²) in [4.78, 5) is 10.3. The fraction of sp³-hybridized carbons (Fsp3) is 0.857. The third-order valence-electron chi connectivity index (χ3n) is 1.38. The lowest BCUT2D eigenvalue weighted by molar-refractivity contribution is -0.00915. The van der Waals surface area contributed by atoms with Crippen LogP contribution in [0.3, 0.4) is 0 Å². The van der Waals surface area contributed by atoms with Gasteiger partial charge in [-0.3, -0.25) is 0 Å². The summed E-state index contributed by atoms with van der Waals surface area (Å²) in [6.07, 6.45) is -2.03. The molecule has 0 aromatic carbocycles. The van der Waals surface area contributed by atoms with Crippen LogP contribution in [0.4, 0.5) is 4.79 Å². The predicted molar refractivity (Wildman–Crippen MR) is 41.0 cm³/mol. The van der Waals surface area contributed by atoms with Crippen LogP contribution < -0.4 is 5.73 Å². The first-order valence-corrected chi connectivity index (χ1v) is 3.59. The molecule has 1 amide bonds. The molecule has 4 nitrogen and oxygen atoms in total. The maximum atomic E-state index is 10.3. The van der Waals surface area contributed by atoms with E-state index in [1.165, 1.54) is 0 Å². The Kier molecular flexibility index (Phi) is 3.89. The van der Waals surface area contributed by atoms with E-state index in [2.05, 4.69) is 4.74 Å². The third kappa shape index (κ3) is 3.83. The van der Waals surface area contributed by atoms with Crippen LogP contribution in [-0.2, 0) is 4.74 Å². The first-order chi connectivity index (χ1) is 4.95. The SMILES string of the molecule is CC(C)[C@H](OC(N)=O)C(C)O. The molecule has 0 aliphatic carbocycles. The van der Waals surface area contributed by atoms with Crippen molar-refractivity contribution in [2.75, 3.05) is 0 Å². The van der Waals surface area contributed by atoms with Gasteiger partial charge >= 0.3 is 6.09 Å². The van der Waals surface area contributed by atoms with Crippen molar-refractivity contribution in [2.24, 2.45) is 11.7 Å². The average molecular weight is 161 g/mol. The zero-order valence-corrected chi connectivity index (χ0v) is 7.07. The van der Waals surface area contributed by atoms with Crippen molar-refractivity contribution in [1.29, 1.82) is 0 Å². The second-order valence-corrected chi connectivity index (χ2v) is 2.89. The van der Waals surface area contributed by atoms with Crippen molar-refractivity contribution in [3.8, 4) is 0 Å². The molecule has 0 bridgehead atoms. The van der Waals surface area contributed by atoms with Gasteiger partial charge in [-0.2, -0.15) is 0 Å². The lowest BCUT2D eigenvalue weighted by Gasteiger charge is -2.22. The second kappa shape index (κ2) is 4.18. The summed E-state index contributed by atoms with van der Waals surface area (Å²) < 4.78 is 4.66. The van der Waals surface area contributed by atoms with E-state index >= 15 is 0 Å². The summed E-state index contributed by atoms with van der Waals surface area (Å²) >= 11 is 0. The van der Waals surface area contributed by atoms with Crippen LogP contribution in [0.5, 0.6) is 0 Å². The molecule has 4 heteroatoms. The number of ether oxygens (including phenoxy) is 1. The van der Waals surface area contributed by atoms with Crippen LogP contribution in [0, 0.1) is 5.92 Å². The summed E-state index contributed by atoms with van der Waals surface area (Å²) in [5.74, 6) is 0.0718. The fourth-order valence-corrected chi connectivity index (χ4v) is 0.926. The first-order valence-electron chi connectivity index (χ1n) is 3.59. The number of aliphatic hydroxyl groups excluding tert-OH is 1. The van der Waals surface area contributed by atoms with Gasteiger partial charge in [-0.25, -0.2) is 4.79 Å². The molecule has 0 aliphatic heterocycles. The molecule has 3 N–H and O–H groups in total. The molecule has 11 heavy (non-hydrogen) atoms. The number of nitrogens with two attached hydrogens (primary N) is 1. The highest BCUT2D eigenvalue weighted by Gasteiger charge is 2.21. The molecule has 0 rings (SSSR count). The highest BCUT2D eigenvalue weighted by Crippen LogP contribution is 2.10. The number of aliphatic hydroxyl groups is 1. The molecule has 0 spiro atoms. The van der Waals surface area contributed by atoms with Crippen molar-refractivity contribution in [3.63, 3.8) is 0 Å². The van der Waals surface area contributed by atoms with Gasteiger partial charge in [0.2, 0.25) is 0 Å². The summed E-state index contributed by atoms with van der Waals surface area (Å²) in [7, 11) is 0. The summed E-state index contributed by atoms with van der Waals surface area (Å²) in [5.41, 5.74) is 4.80. The predicted octanol–water partition coefficient (Wildman–Crippen LogP) is 0.487. The van der Waals surface area contributed by atoms with Crippen LogP contribution in [0.1, 0.15) is 20.8 Å². The Hall–Kier alpha value is -0.770. The van der Waals surface area contributed by atoms with Gasteiger partial charge in [0.25, 0.3) is 0 Å². The van der Waals surface area contributed by atoms with Gasteiger partial charge < -0.3 is 15.6 Å². The monoisotopic (exact) mass is 161 g/mol. The van der Waals surface area contributed by atoms with Gasteiger partial charge in [0, 0.05) is 0 Å². The van der Waals surface area contributed by atoms with Gasteiger partial charge in [-0.05, 0) is 12.8 Å². The van der Waals surface area contributed by atoms with Crippen LogP contribution in [0.15, 0.2) is 0 Å². The molecule has 0 heterocycles. The van der Waals surface area contributed by atoms with E-state index < -0.39 is 18.3 Å². The average Bonchev–Trinajstić information content (AvgIpc) is 1.81. The molecule has 66 valence electrons. The largest absolute Gasteiger partial charge is 0.443 e. The summed E-state index contributed by atoms with van der Waals surface area (Å²) in [5, 5.41) is 9.10. The molecule has 0 radical (unpaired) electrons. The van der Waals surface area contributed by atoms with Crippen molar-refractivity contribution in [1.82, 2.24) is 0 Å². The zero-order chi connectivity index (χ0) is 9.02. The number of carbonyl (C=O) groups excluding carboxylic acids is 1. The topological polar surface area (TPSA) is 72.5 Å². The van der Waals surface area contributed by atoms with Crippen LogP contribution in [0.25, 0.3) is 0 Å². The Balaban J connectivity index is 4.00. The molecule has 0 aromatic heterocycles. The van der Waals surface area contributed by atoms with Crippen molar-refractivity contribution >= 4 is 6.09 Å².